The third-order valence-electron chi connectivity index (χ3n) is 4.40. The number of carbonyl (C=O) groups is 1. The highest BCUT2D eigenvalue weighted by Gasteiger charge is 2.29. The Bertz CT molecular complexity index is 972. The Labute approximate surface area is 160 Å². The van der Waals surface area contributed by atoms with Gasteiger partial charge in [-0.25, -0.2) is 4.39 Å². The number of halogens is 1. The number of aromatic nitrogens is 2. The van der Waals surface area contributed by atoms with Crippen LogP contribution in [0.5, 0.6) is 5.75 Å². The maximum atomic E-state index is 13.1. The Hall–Kier alpha value is -2.80. The van der Waals surface area contributed by atoms with E-state index in [1.807, 2.05) is 31.2 Å². The summed E-state index contributed by atoms with van der Waals surface area (Å²) < 4.78 is 19.1. The van der Waals surface area contributed by atoms with E-state index in [2.05, 4.69) is 15.5 Å². The number of aryl methyl sites for hydroxylation is 1. The minimum absolute atomic E-state index is 0.0695. The monoisotopic (exact) mass is 383 g/mol. The molecule has 4 rings (SSSR count). The molecule has 27 heavy (non-hydrogen) atoms. The number of anilines is 1. The molecule has 1 aliphatic rings. The first-order chi connectivity index (χ1) is 13.1. The van der Waals surface area contributed by atoms with Crippen LogP contribution in [0.4, 0.5) is 10.2 Å². The number of nitrogens with one attached hydrogen (secondary N) is 2. The highest BCUT2D eigenvalue weighted by atomic mass is 32.2. The molecule has 0 spiro atoms. The highest BCUT2D eigenvalue weighted by molar-refractivity contribution is 8.00. The second-order valence-corrected chi connectivity index (χ2v) is 7.40. The summed E-state index contributed by atoms with van der Waals surface area (Å²) in [7, 11) is 0. The largest absolute Gasteiger partial charge is 0.489 e. The van der Waals surface area contributed by atoms with Crippen molar-refractivity contribution in [2.45, 2.75) is 18.8 Å². The fourth-order valence-corrected chi connectivity index (χ4v) is 4.30. The second kappa shape index (κ2) is 7.44. The zero-order chi connectivity index (χ0) is 18.8. The summed E-state index contributed by atoms with van der Waals surface area (Å²) in [5.74, 6) is 1.31. The maximum absolute atomic E-state index is 13.1. The van der Waals surface area contributed by atoms with Crippen LogP contribution in [0.3, 0.4) is 0 Å². The van der Waals surface area contributed by atoms with Gasteiger partial charge in [-0.3, -0.25) is 9.89 Å². The molecule has 1 aliphatic heterocycles. The van der Waals surface area contributed by atoms with Crippen molar-refractivity contribution < 1.29 is 13.9 Å². The quantitative estimate of drug-likeness (QED) is 0.708. The predicted octanol–water partition coefficient (Wildman–Crippen LogP) is 4.21. The zero-order valence-electron chi connectivity index (χ0n) is 14.7. The molecule has 3 aromatic rings. The Balaban J connectivity index is 1.65. The summed E-state index contributed by atoms with van der Waals surface area (Å²) in [6, 6.07) is 14.0. The third kappa shape index (κ3) is 3.68. The molecule has 1 amide bonds. The molecule has 5 nitrogen and oxygen atoms in total. The molecule has 138 valence electrons. The van der Waals surface area contributed by atoms with E-state index in [1.54, 1.807) is 23.9 Å². The van der Waals surface area contributed by atoms with Gasteiger partial charge in [-0.05, 0) is 30.7 Å². The molecule has 0 aliphatic carbocycles. The minimum atomic E-state index is -0.269. The van der Waals surface area contributed by atoms with Crippen molar-refractivity contribution in [3.8, 4) is 5.75 Å². The number of fused-ring (bicyclic) bond motifs is 1. The normalized spacial score (nSPS) is 16.4. The summed E-state index contributed by atoms with van der Waals surface area (Å²) >= 11 is 1.54. The van der Waals surface area contributed by atoms with Crippen LogP contribution < -0.4 is 10.1 Å². The van der Waals surface area contributed by atoms with Crippen molar-refractivity contribution in [1.29, 1.82) is 0 Å². The number of thioether (sulfide) groups is 1. The first-order valence-corrected chi connectivity index (χ1v) is 9.59. The van der Waals surface area contributed by atoms with Gasteiger partial charge in [0.05, 0.1) is 11.0 Å². The van der Waals surface area contributed by atoms with E-state index in [4.69, 9.17) is 4.74 Å². The number of benzene rings is 2. The van der Waals surface area contributed by atoms with Crippen molar-refractivity contribution in [1.82, 2.24) is 10.2 Å². The number of aromatic amines is 1. The van der Waals surface area contributed by atoms with Crippen molar-refractivity contribution in [2.24, 2.45) is 0 Å². The van der Waals surface area contributed by atoms with Crippen LogP contribution in [0, 0.1) is 12.7 Å². The van der Waals surface area contributed by atoms with Gasteiger partial charge in [0.2, 0.25) is 5.91 Å². The lowest BCUT2D eigenvalue weighted by atomic mass is 10.0. The first-order valence-electron chi connectivity index (χ1n) is 8.54. The van der Waals surface area contributed by atoms with E-state index in [1.165, 1.54) is 12.1 Å². The third-order valence-corrected chi connectivity index (χ3v) is 5.66. The van der Waals surface area contributed by atoms with E-state index in [0.29, 0.717) is 18.2 Å². The van der Waals surface area contributed by atoms with Crippen molar-refractivity contribution >= 4 is 23.5 Å². The molecule has 2 N–H and O–H groups in total. The number of para-hydroxylation sites is 1. The molecule has 1 unspecified atom stereocenters. The average Bonchev–Trinajstić information content (AvgIpc) is 2.93. The lowest BCUT2D eigenvalue weighted by Crippen LogP contribution is -2.12. The van der Waals surface area contributed by atoms with Gasteiger partial charge in [0.1, 0.15) is 18.2 Å². The van der Waals surface area contributed by atoms with Crippen LogP contribution in [0.25, 0.3) is 0 Å². The van der Waals surface area contributed by atoms with Crippen LogP contribution >= 0.6 is 11.8 Å². The second-order valence-electron chi connectivity index (χ2n) is 6.30. The summed E-state index contributed by atoms with van der Waals surface area (Å²) in [5.41, 5.74) is 3.74. The molecular formula is C20H18FN3O2S. The van der Waals surface area contributed by atoms with Crippen LogP contribution in [-0.4, -0.2) is 21.9 Å². The van der Waals surface area contributed by atoms with E-state index >= 15 is 0 Å². The lowest BCUT2D eigenvalue weighted by molar-refractivity contribution is -0.113. The number of amides is 1. The van der Waals surface area contributed by atoms with Gasteiger partial charge in [-0.1, -0.05) is 30.3 Å². The van der Waals surface area contributed by atoms with E-state index < -0.39 is 0 Å². The fraction of sp³-hybridized carbons (Fsp3) is 0.200. The number of hydrogen-bond donors (Lipinski definition) is 2. The van der Waals surface area contributed by atoms with Gasteiger partial charge in [0, 0.05) is 16.8 Å². The number of rotatable bonds is 4. The smallest absolute Gasteiger partial charge is 0.235 e. The number of carbonyl (C=O) groups excluding carboxylic acids is 1. The van der Waals surface area contributed by atoms with Crippen LogP contribution in [0.1, 0.15) is 27.6 Å². The van der Waals surface area contributed by atoms with Gasteiger partial charge in [-0.15, -0.1) is 11.8 Å². The zero-order valence-corrected chi connectivity index (χ0v) is 15.5. The van der Waals surface area contributed by atoms with E-state index in [9.17, 15) is 9.18 Å². The van der Waals surface area contributed by atoms with Crippen LogP contribution in [-0.2, 0) is 11.4 Å². The van der Waals surface area contributed by atoms with Gasteiger partial charge in [0.15, 0.2) is 5.82 Å². The van der Waals surface area contributed by atoms with Crippen LogP contribution in [0.15, 0.2) is 48.5 Å². The SMILES string of the molecule is Cc1[nH]nc2c1C(c1ccccc1OCc1ccc(F)cc1)SCC(=O)N2. The number of hydrogen-bond acceptors (Lipinski definition) is 4. The van der Waals surface area contributed by atoms with Gasteiger partial charge >= 0.3 is 0 Å². The molecule has 0 saturated carbocycles. The summed E-state index contributed by atoms with van der Waals surface area (Å²) in [5, 5.41) is 9.95. The summed E-state index contributed by atoms with van der Waals surface area (Å²) in [6.07, 6.45) is 0. The molecule has 0 radical (unpaired) electrons. The van der Waals surface area contributed by atoms with Crippen molar-refractivity contribution in [3.63, 3.8) is 0 Å². The number of nitrogens with zero attached hydrogens (tertiary/aromatic N) is 1. The molecule has 1 aromatic heterocycles. The Kier molecular flexibility index (Phi) is 4.85. The topological polar surface area (TPSA) is 67.0 Å². The molecular weight excluding hydrogens is 365 g/mol. The number of ether oxygens (including phenoxy) is 1. The number of H-pyrrole nitrogens is 1. The molecule has 1 atom stereocenters. The molecule has 0 saturated heterocycles. The Morgan fingerprint density at radius 3 is 2.81 bits per heavy atom. The van der Waals surface area contributed by atoms with Crippen LogP contribution in [0.2, 0.25) is 0 Å². The maximum Gasteiger partial charge on any atom is 0.235 e. The molecule has 7 heteroatoms. The van der Waals surface area contributed by atoms with Crippen molar-refractivity contribution in [2.75, 3.05) is 11.1 Å². The molecule has 0 fully saturated rings. The summed E-state index contributed by atoms with van der Waals surface area (Å²) in [4.78, 5) is 12.0. The average molecular weight is 383 g/mol. The Morgan fingerprint density at radius 1 is 1.22 bits per heavy atom. The lowest BCUT2D eigenvalue weighted by Gasteiger charge is -2.19. The molecule has 0 bridgehead atoms. The fourth-order valence-electron chi connectivity index (χ4n) is 3.08. The van der Waals surface area contributed by atoms with Gasteiger partial charge in [-0.2, -0.15) is 5.10 Å². The molecule has 2 aromatic carbocycles. The predicted molar refractivity (Wildman–Crippen MR) is 103 cm³/mol. The Morgan fingerprint density at radius 2 is 2.00 bits per heavy atom. The van der Waals surface area contributed by atoms with Gasteiger partial charge in [0.25, 0.3) is 0 Å². The minimum Gasteiger partial charge on any atom is -0.489 e. The summed E-state index contributed by atoms with van der Waals surface area (Å²) in [6.45, 7) is 2.28. The molecule has 2 heterocycles. The first kappa shape index (κ1) is 17.6. The van der Waals surface area contributed by atoms with E-state index in [-0.39, 0.29) is 17.0 Å². The van der Waals surface area contributed by atoms with E-state index in [0.717, 1.165) is 28.1 Å². The highest BCUT2D eigenvalue weighted by Crippen LogP contribution is 2.45. The standard InChI is InChI=1S/C20H18FN3O2S/c1-12-18-19(27-11-17(25)22-20(18)24-23-12)15-4-2-3-5-16(15)26-10-13-6-8-14(21)9-7-13/h2-9,19H,10-11H2,1H3,(H2,22,23,24,25). The van der Waals surface area contributed by atoms with Crippen molar-refractivity contribution in [3.05, 3.63) is 76.7 Å². The van der Waals surface area contributed by atoms with Gasteiger partial charge < -0.3 is 10.1 Å².